The predicted molar refractivity (Wildman–Crippen MR) is 87.2 cm³/mol. The Labute approximate surface area is 142 Å². The number of tetrazole rings is 1. The molecule has 1 fully saturated rings. The molecule has 0 amide bonds. The van der Waals surface area contributed by atoms with E-state index in [1.807, 2.05) is 23.2 Å². The van der Waals surface area contributed by atoms with Crippen LogP contribution in [0.25, 0.3) is 0 Å². The molecule has 0 bridgehead atoms. The smallest absolute Gasteiger partial charge is 0.165 e. The van der Waals surface area contributed by atoms with Gasteiger partial charge in [-0.15, -0.1) is 5.10 Å². The third-order valence-electron chi connectivity index (χ3n) is 4.26. The van der Waals surface area contributed by atoms with Gasteiger partial charge in [0, 0.05) is 19.6 Å². The van der Waals surface area contributed by atoms with Crippen molar-refractivity contribution in [2.75, 3.05) is 19.7 Å². The number of aryl methyl sites for hydroxylation is 3. The Balaban J connectivity index is 1.57. The van der Waals surface area contributed by atoms with Crippen LogP contribution in [0.2, 0.25) is 0 Å². The number of morpholine rings is 1. The van der Waals surface area contributed by atoms with E-state index in [0.29, 0.717) is 6.61 Å². The molecule has 0 aromatic carbocycles. The van der Waals surface area contributed by atoms with Crippen molar-refractivity contribution in [2.45, 2.75) is 59.4 Å². The van der Waals surface area contributed by atoms with Crippen LogP contribution in [-0.2, 0) is 24.4 Å². The first-order valence-electron chi connectivity index (χ1n) is 8.62. The Hall–Kier alpha value is -1.87. The molecule has 132 valence electrons. The summed E-state index contributed by atoms with van der Waals surface area (Å²) in [5, 5.41) is 16.5. The molecule has 0 spiro atoms. The zero-order chi connectivity index (χ0) is 16.9. The molecule has 3 rings (SSSR count). The fraction of sp³-hybridized carbons (Fsp3) is 0.800. The van der Waals surface area contributed by atoms with Crippen LogP contribution in [0, 0.1) is 13.8 Å². The number of hydrogen-bond donors (Lipinski definition) is 0. The normalized spacial score (nSPS) is 19.0. The number of unbranched alkanes of at least 4 members (excludes halogenated alkanes) is 1. The van der Waals surface area contributed by atoms with Gasteiger partial charge in [-0.05, 0) is 30.7 Å². The van der Waals surface area contributed by atoms with Crippen molar-refractivity contribution in [2.24, 2.45) is 0 Å². The summed E-state index contributed by atoms with van der Waals surface area (Å²) in [5.74, 6) is 2.66. The number of ether oxygens (including phenoxy) is 1. The van der Waals surface area contributed by atoms with Gasteiger partial charge in [-0.1, -0.05) is 13.3 Å². The Morgan fingerprint density at radius 2 is 2.12 bits per heavy atom. The van der Waals surface area contributed by atoms with Crippen molar-refractivity contribution in [1.29, 1.82) is 0 Å². The van der Waals surface area contributed by atoms with Crippen molar-refractivity contribution in [3.8, 4) is 0 Å². The molecule has 1 saturated heterocycles. The summed E-state index contributed by atoms with van der Waals surface area (Å²) in [6, 6.07) is 0. The highest BCUT2D eigenvalue weighted by Gasteiger charge is 2.23. The van der Waals surface area contributed by atoms with Crippen molar-refractivity contribution in [1.82, 2.24) is 39.9 Å². The lowest BCUT2D eigenvalue weighted by Gasteiger charge is -2.32. The second kappa shape index (κ2) is 7.80. The number of rotatable bonds is 7. The molecule has 9 nitrogen and oxygen atoms in total. The van der Waals surface area contributed by atoms with Crippen LogP contribution in [0.15, 0.2) is 0 Å². The molecular formula is C15H26N8O. The van der Waals surface area contributed by atoms with Gasteiger partial charge in [0.05, 0.1) is 25.8 Å². The summed E-state index contributed by atoms with van der Waals surface area (Å²) >= 11 is 0. The molecule has 3 heterocycles. The third kappa shape index (κ3) is 4.15. The molecule has 0 radical (unpaired) electrons. The topological polar surface area (TPSA) is 86.8 Å². The van der Waals surface area contributed by atoms with E-state index in [4.69, 9.17) is 4.74 Å². The van der Waals surface area contributed by atoms with E-state index < -0.39 is 0 Å². The second-order valence-corrected chi connectivity index (χ2v) is 6.29. The molecule has 1 aliphatic rings. The van der Waals surface area contributed by atoms with Crippen molar-refractivity contribution >= 4 is 0 Å². The summed E-state index contributed by atoms with van der Waals surface area (Å²) in [7, 11) is 0. The predicted octanol–water partition coefficient (Wildman–Crippen LogP) is 0.583. The minimum Gasteiger partial charge on any atom is -0.374 e. The van der Waals surface area contributed by atoms with E-state index in [0.717, 1.165) is 63.0 Å². The minimum absolute atomic E-state index is 0.110. The fourth-order valence-corrected chi connectivity index (χ4v) is 2.98. The van der Waals surface area contributed by atoms with Crippen molar-refractivity contribution in [3.63, 3.8) is 0 Å². The van der Waals surface area contributed by atoms with E-state index in [9.17, 15) is 0 Å². The third-order valence-corrected chi connectivity index (χ3v) is 4.26. The highest BCUT2D eigenvalue weighted by atomic mass is 16.5. The number of nitrogens with zero attached hydrogens (tertiary/aromatic N) is 8. The maximum atomic E-state index is 5.90. The lowest BCUT2D eigenvalue weighted by molar-refractivity contribution is -0.0415. The van der Waals surface area contributed by atoms with Crippen LogP contribution in [0.3, 0.4) is 0 Å². The number of aromatic nitrogens is 7. The molecule has 2 aromatic rings. The zero-order valence-corrected chi connectivity index (χ0v) is 14.7. The zero-order valence-electron chi connectivity index (χ0n) is 14.7. The SMILES string of the molecule is CCCCn1nnnc1CN1CCO[C@@H](Cn2nc(C)nc2C)C1. The fourth-order valence-electron chi connectivity index (χ4n) is 2.98. The van der Waals surface area contributed by atoms with Gasteiger partial charge < -0.3 is 4.74 Å². The molecule has 1 atom stereocenters. The van der Waals surface area contributed by atoms with Crippen molar-refractivity contribution < 1.29 is 4.74 Å². The van der Waals surface area contributed by atoms with Gasteiger partial charge in [0.2, 0.25) is 0 Å². The van der Waals surface area contributed by atoms with E-state index in [-0.39, 0.29) is 6.10 Å². The second-order valence-electron chi connectivity index (χ2n) is 6.29. The maximum Gasteiger partial charge on any atom is 0.165 e. The standard InChI is InChI=1S/C15H26N8O/c1-4-5-6-22-15(17-19-20-22)11-21-7-8-24-14(9-21)10-23-13(3)16-12(2)18-23/h14H,4-11H2,1-3H3/t14-/m1/s1. The molecule has 0 unspecified atom stereocenters. The first-order chi connectivity index (χ1) is 11.7. The molecule has 1 aliphatic heterocycles. The first kappa shape index (κ1) is 17.0. The molecule has 9 heteroatoms. The molecule has 0 N–H and O–H groups in total. The van der Waals surface area contributed by atoms with Crippen LogP contribution < -0.4 is 0 Å². The Morgan fingerprint density at radius 3 is 2.88 bits per heavy atom. The van der Waals surface area contributed by atoms with Gasteiger partial charge in [0.1, 0.15) is 11.6 Å². The lowest BCUT2D eigenvalue weighted by atomic mass is 10.2. The van der Waals surface area contributed by atoms with E-state index in [1.165, 1.54) is 0 Å². The van der Waals surface area contributed by atoms with Crippen LogP contribution in [-0.4, -0.2) is 65.7 Å². The Kier molecular flexibility index (Phi) is 5.52. The molecule has 0 saturated carbocycles. The summed E-state index contributed by atoms with van der Waals surface area (Å²) in [6.07, 6.45) is 2.34. The quantitative estimate of drug-likeness (QED) is 0.732. The van der Waals surface area contributed by atoms with Crippen LogP contribution in [0.4, 0.5) is 0 Å². The molecular weight excluding hydrogens is 308 g/mol. The van der Waals surface area contributed by atoms with Gasteiger partial charge in [-0.25, -0.2) is 14.3 Å². The van der Waals surface area contributed by atoms with E-state index in [2.05, 4.69) is 37.4 Å². The lowest BCUT2D eigenvalue weighted by Crippen LogP contribution is -2.44. The van der Waals surface area contributed by atoms with Gasteiger partial charge in [0.25, 0.3) is 0 Å². The summed E-state index contributed by atoms with van der Waals surface area (Å²) < 4.78 is 9.74. The van der Waals surface area contributed by atoms with E-state index >= 15 is 0 Å². The highest BCUT2D eigenvalue weighted by molar-refractivity contribution is 4.89. The Bertz CT molecular complexity index is 652. The average molecular weight is 334 g/mol. The van der Waals surface area contributed by atoms with Gasteiger partial charge in [0.15, 0.2) is 5.82 Å². The van der Waals surface area contributed by atoms with Gasteiger partial charge in [-0.3, -0.25) is 4.90 Å². The first-order valence-corrected chi connectivity index (χ1v) is 8.62. The summed E-state index contributed by atoms with van der Waals surface area (Å²) in [6.45, 7) is 10.9. The highest BCUT2D eigenvalue weighted by Crippen LogP contribution is 2.11. The molecule has 2 aromatic heterocycles. The van der Waals surface area contributed by atoms with Gasteiger partial charge in [-0.2, -0.15) is 5.10 Å². The largest absolute Gasteiger partial charge is 0.374 e. The van der Waals surface area contributed by atoms with Crippen LogP contribution in [0.5, 0.6) is 0 Å². The molecule has 0 aliphatic carbocycles. The maximum absolute atomic E-state index is 5.90. The summed E-state index contributed by atoms with van der Waals surface area (Å²) in [4.78, 5) is 6.70. The van der Waals surface area contributed by atoms with Crippen molar-refractivity contribution in [3.05, 3.63) is 17.5 Å². The minimum atomic E-state index is 0.110. The van der Waals surface area contributed by atoms with E-state index in [1.54, 1.807) is 0 Å². The average Bonchev–Trinajstić information content (AvgIpc) is 3.12. The monoisotopic (exact) mass is 334 g/mol. The number of hydrogen-bond acceptors (Lipinski definition) is 7. The van der Waals surface area contributed by atoms with Crippen LogP contribution in [0.1, 0.15) is 37.2 Å². The van der Waals surface area contributed by atoms with Crippen LogP contribution >= 0.6 is 0 Å². The van der Waals surface area contributed by atoms with Gasteiger partial charge >= 0.3 is 0 Å². The Morgan fingerprint density at radius 1 is 1.25 bits per heavy atom. The molecule has 24 heavy (non-hydrogen) atoms. The summed E-state index contributed by atoms with van der Waals surface area (Å²) in [5.41, 5.74) is 0.